The average Bonchev–Trinajstić information content (AvgIpc) is 2.86. The van der Waals surface area contributed by atoms with E-state index in [1.54, 1.807) is 66.7 Å². The first-order chi connectivity index (χ1) is 17.5. The minimum atomic E-state index is -3.93. The summed E-state index contributed by atoms with van der Waals surface area (Å²) in [5.74, 6) is 0.0110. The van der Waals surface area contributed by atoms with Gasteiger partial charge in [0.05, 0.1) is 20.6 Å². The molecule has 188 valence electrons. The van der Waals surface area contributed by atoms with Crippen LogP contribution in [0.15, 0.2) is 89.8 Å². The highest BCUT2D eigenvalue weighted by molar-refractivity contribution is 7.89. The Morgan fingerprint density at radius 2 is 1.54 bits per heavy atom. The molecule has 1 amide bonds. The van der Waals surface area contributed by atoms with Gasteiger partial charge in [0, 0.05) is 22.8 Å². The fraction of sp³-hybridized carbons (Fsp3) is 0. The Balaban J connectivity index is 1.61. The van der Waals surface area contributed by atoms with E-state index in [1.807, 2.05) is 0 Å². The number of benzene rings is 4. The summed E-state index contributed by atoms with van der Waals surface area (Å²) < 4.78 is 29.8. The molecular formula is C26H20Cl2N4O4S. The number of hydrogen-bond acceptors (Lipinski definition) is 5. The second kappa shape index (κ2) is 10.6. The molecule has 0 radical (unpaired) electrons. The van der Waals surface area contributed by atoms with Crippen molar-refractivity contribution in [3.8, 4) is 22.6 Å². The fourth-order valence-corrected chi connectivity index (χ4v) is 4.59. The van der Waals surface area contributed by atoms with Crippen molar-refractivity contribution >= 4 is 50.7 Å². The molecule has 4 rings (SSSR count). The molecule has 0 saturated heterocycles. The van der Waals surface area contributed by atoms with E-state index >= 15 is 0 Å². The Bertz CT molecular complexity index is 1620. The third kappa shape index (κ3) is 6.10. The van der Waals surface area contributed by atoms with Crippen LogP contribution in [0.3, 0.4) is 0 Å². The van der Waals surface area contributed by atoms with Crippen LogP contribution in [0.4, 0.5) is 5.69 Å². The van der Waals surface area contributed by atoms with Crippen molar-refractivity contribution in [3.63, 3.8) is 0 Å². The van der Waals surface area contributed by atoms with E-state index in [9.17, 15) is 13.2 Å². The number of ether oxygens (including phenoxy) is 1. The van der Waals surface area contributed by atoms with Crippen molar-refractivity contribution in [2.75, 3.05) is 5.32 Å². The third-order valence-electron chi connectivity index (χ3n) is 5.30. The lowest BCUT2D eigenvalue weighted by atomic mass is 10.0. The summed E-state index contributed by atoms with van der Waals surface area (Å²) >= 11 is 12.4. The van der Waals surface area contributed by atoms with E-state index in [1.165, 1.54) is 18.2 Å². The highest BCUT2D eigenvalue weighted by Crippen LogP contribution is 2.37. The largest absolute Gasteiger partial charge is 0.455 e. The number of carbonyl (C=O) groups excluding carboxylic acids is 1. The average molecular weight is 555 g/mol. The molecule has 4 aromatic rings. The van der Waals surface area contributed by atoms with E-state index in [2.05, 4.69) is 5.32 Å². The molecule has 0 spiro atoms. The zero-order chi connectivity index (χ0) is 26.7. The van der Waals surface area contributed by atoms with E-state index < -0.39 is 15.9 Å². The fourth-order valence-electron chi connectivity index (χ4n) is 3.51. The van der Waals surface area contributed by atoms with Crippen LogP contribution in [0.25, 0.3) is 11.1 Å². The molecule has 4 aromatic carbocycles. The molecule has 11 heteroatoms. The molecule has 0 aliphatic heterocycles. The highest BCUT2D eigenvalue weighted by Gasteiger charge is 2.17. The molecular weight excluding hydrogens is 535 g/mol. The number of nitrogens with one attached hydrogen (secondary N) is 2. The Kier molecular flexibility index (Phi) is 7.51. The predicted molar refractivity (Wildman–Crippen MR) is 145 cm³/mol. The lowest BCUT2D eigenvalue weighted by Gasteiger charge is -2.15. The van der Waals surface area contributed by atoms with Gasteiger partial charge >= 0.3 is 0 Å². The summed E-state index contributed by atoms with van der Waals surface area (Å²) in [4.78, 5) is 13.0. The summed E-state index contributed by atoms with van der Waals surface area (Å²) in [6.45, 7) is 0. The second-order valence-electron chi connectivity index (χ2n) is 7.88. The SMILES string of the molecule is N=C(N)c1cccc(Oc2cc(Cl)c(Cl)cc2NC(=O)c2ccc(-c3ccccc3S(N)(=O)=O)cc2)c1. The number of sulfonamides is 1. The van der Waals surface area contributed by atoms with Crippen LogP contribution >= 0.6 is 23.2 Å². The Morgan fingerprint density at radius 3 is 2.22 bits per heavy atom. The number of amidine groups is 1. The maximum atomic E-state index is 13.0. The number of primary sulfonamides is 1. The molecule has 0 unspecified atom stereocenters. The number of carbonyl (C=O) groups is 1. The number of nitrogen functional groups attached to an aromatic ring is 1. The van der Waals surface area contributed by atoms with E-state index in [-0.39, 0.29) is 32.2 Å². The highest BCUT2D eigenvalue weighted by atomic mass is 35.5. The quantitative estimate of drug-likeness (QED) is 0.172. The van der Waals surface area contributed by atoms with Crippen molar-refractivity contribution in [1.82, 2.24) is 0 Å². The van der Waals surface area contributed by atoms with Crippen LogP contribution in [-0.2, 0) is 10.0 Å². The second-order valence-corrected chi connectivity index (χ2v) is 10.2. The lowest BCUT2D eigenvalue weighted by Crippen LogP contribution is -2.14. The maximum Gasteiger partial charge on any atom is 0.255 e. The molecule has 37 heavy (non-hydrogen) atoms. The van der Waals surface area contributed by atoms with Gasteiger partial charge in [0.1, 0.15) is 11.6 Å². The smallest absolute Gasteiger partial charge is 0.255 e. The van der Waals surface area contributed by atoms with Crippen molar-refractivity contribution < 1.29 is 17.9 Å². The molecule has 0 saturated carbocycles. The minimum Gasteiger partial charge on any atom is -0.455 e. The molecule has 0 aromatic heterocycles. The van der Waals surface area contributed by atoms with Gasteiger partial charge in [-0.2, -0.15) is 0 Å². The third-order valence-corrected chi connectivity index (χ3v) is 6.99. The summed E-state index contributed by atoms with van der Waals surface area (Å²) in [7, 11) is -3.93. The number of hydrogen-bond donors (Lipinski definition) is 4. The summed E-state index contributed by atoms with van der Waals surface area (Å²) in [6, 6.07) is 22.2. The maximum absolute atomic E-state index is 13.0. The molecule has 0 aliphatic rings. The zero-order valence-corrected chi connectivity index (χ0v) is 21.4. The minimum absolute atomic E-state index is 0.0151. The van der Waals surface area contributed by atoms with Gasteiger partial charge in [0.25, 0.3) is 5.91 Å². The molecule has 0 aliphatic carbocycles. The first-order valence-corrected chi connectivity index (χ1v) is 13.0. The van der Waals surface area contributed by atoms with Gasteiger partial charge in [0.15, 0.2) is 5.75 Å². The summed E-state index contributed by atoms with van der Waals surface area (Å²) in [6.07, 6.45) is 0. The molecule has 8 nitrogen and oxygen atoms in total. The number of anilines is 1. The van der Waals surface area contributed by atoms with Gasteiger partial charge in [-0.3, -0.25) is 10.2 Å². The normalized spacial score (nSPS) is 11.1. The molecule has 0 atom stereocenters. The van der Waals surface area contributed by atoms with Gasteiger partial charge in [-0.1, -0.05) is 65.7 Å². The molecule has 0 bridgehead atoms. The first kappa shape index (κ1) is 26.2. The van der Waals surface area contributed by atoms with Crippen molar-refractivity contribution in [3.05, 3.63) is 106 Å². The zero-order valence-electron chi connectivity index (χ0n) is 19.0. The van der Waals surface area contributed by atoms with E-state index in [4.69, 9.17) is 44.2 Å². The van der Waals surface area contributed by atoms with Crippen molar-refractivity contribution in [2.24, 2.45) is 10.9 Å². The number of amides is 1. The monoisotopic (exact) mass is 554 g/mol. The van der Waals surface area contributed by atoms with Crippen LogP contribution in [0, 0.1) is 5.41 Å². The first-order valence-electron chi connectivity index (χ1n) is 10.7. The Morgan fingerprint density at radius 1 is 0.865 bits per heavy atom. The van der Waals surface area contributed by atoms with Crippen molar-refractivity contribution in [1.29, 1.82) is 5.41 Å². The van der Waals surface area contributed by atoms with Crippen LogP contribution in [0.5, 0.6) is 11.5 Å². The van der Waals surface area contributed by atoms with Crippen LogP contribution < -0.4 is 20.9 Å². The van der Waals surface area contributed by atoms with Gasteiger partial charge in [0.2, 0.25) is 10.0 Å². The van der Waals surface area contributed by atoms with Gasteiger partial charge in [-0.25, -0.2) is 13.6 Å². The summed E-state index contributed by atoms with van der Waals surface area (Å²) in [5, 5.41) is 16.1. The number of rotatable bonds is 7. The van der Waals surface area contributed by atoms with Crippen LogP contribution in [0.2, 0.25) is 10.0 Å². The lowest BCUT2D eigenvalue weighted by molar-refractivity contribution is 0.102. The Hall–Kier alpha value is -3.89. The van der Waals surface area contributed by atoms with Crippen molar-refractivity contribution in [2.45, 2.75) is 4.90 Å². The van der Waals surface area contributed by atoms with Crippen LogP contribution in [-0.4, -0.2) is 20.2 Å². The molecule has 6 N–H and O–H groups in total. The van der Waals surface area contributed by atoms with E-state index in [0.717, 1.165) is 0 Å². The summed E-state index contributed by atoms with van der Waals surface area (Å²) in [5.41, 5.74) is 7.57. The van der Waals surface area contributed by atoms with Gasteiger partial charge in [-0.15, -0.1) is 0 Å². The number of nitrogens with two attached hydrogens (primary N) is 2. The molecule has 0 heterocycles. The predicted octanol–water partition coefficient (Wildman–Crippen LogP) is 5.64. The standard InChI is InChI=1S/C26H20Cl2N4O4S/c27-20-13-22(23(14-21(20)28)36-18-5-3-4-17(12-18)25(29)30)32-26(33)16-10-8-15(9-11-16)19-6-1-2-7-24(19)37(31,34)35/h1-14H,(H3,29,30)(H,32,33)(H2,31,34,35). The Labute approximate surface area is 223 Å². The van der Waals surface area contributed by atoms with Gasteiger partial charge in [-0.05, 0) is 42.0 Å². The number of halogens is 2. The van der Waals surface area contributed by atoms with Gasteiger partial charge < -0.3 is 15.8 Å². The van der Waals surface area contributed by atoms with Crippen LogP contribution in [0.1, 0.15) is 15.9 Å². The van der Waals surface area contributed by atoms with E-state index in [0.29, 0.717) is 28.0 Å². The topological polar surface area (TPSA) is 148 Å². The molecule has 0 fully saturated rings.